The predicted octanol–water partition coefficient (Wildman–Crippen LogP) is 1.77. The third-order valence-corrected chi connectivity index (χ3v) is 1.92. The van der Waals surface area contributed by atoms with Crippen LogP contribution in [-0.2, 0) is 6.54 Å². The Hall–Kier alpha value is -1.37. The number of nitrogens with zero attached hydrogens (tertiary/aromatic N) is 2. The van der Waals surface area contributed by atoms with Crippen LogP contribution in [0, 0.1) is 10.1 Å². The van der Waals surface area contributed by atoms with Crippen LogP contribution >= 0.6 is 24.8 Å². The Bertz CT molecular complexity index is 500. The molecule has 1 heterocycles. The maximum absolute atomic E-state index is 10.5. The maximum Gasteiger partial charge on any atom is 0.271 e. The number of halogens is 2. The minimum Gasteiger partial charge on any atom is -0.341 e. The first kappa shape index (κ1) is 14.6. The summed E-state index contributed by atoms with van der Waals surface area (Å²) < 4.78 is 0. The standard InChI is InChI=1S/C8H8N4O2.2ClH/c9-4-8-10-6-2-1-5(12(13)14)3-7(6)11-8;;/h1-3H,4,9H2,(H,10,11);2*1H. The number of H-pyrrole nitrogens is 1. The van der Waals surface area contributed by atoms with Crippen molar-refractivity contribution in [1.29, 1.82) is 0 Å². The minimum atomic E-state index is -0.442. The second-order valence-electron chi connectivity index (χ2n) is 2.85. The van der Waals surface area contributed by atoms with Crippen LogP contribution in [0.3, 0.4) is 0 Å². The number of non-ortho nitro benzene ring substituents is 1. The largest absolute Gasteiger partial charge is 0.341 e. The second-order valence-corrected chi connectivity index (χ2v) is 2.85. The number of aromatic amines is 1. The molecule has 0 radical (unpaired) electrons. The van der Waals surface area contributed by atoms with Gasteiger partial charge in [-0.1, -0.05) is 0 Å². The molecule has 8 heteroatoms. The number of benzene rings is 1. The van der Waals surface area contributed by atoms with Crippen LogP contribution < -0.4 is 5.73 Å². The highest BCUT2D eigenvalue weighted by Gasteiger charge is 2.08. The number of hydrogen-bond acceptors (Lipinski definition) is 4. The molecule has 16 heavy (non-hydrogen) atoms. The van der Waals surface area contributed by atoms with E-state index in [1.807, 2.05) is 0 Å². The van der Waals surface area contributed by atoms with Crippen molar-refractivity contribution in [2.45, 2.75) is 6.54 Å². The first-order valence-corrected chi connectivity index (χ1v) is 4.04. The minimum absolute atomic E-state index is 0. The van der Waals surface area contributed by atoms with Gasteiger partial charge in [-0.15, -0.1) is 24.8 Å². The van der Waals surface area contributed by atoms with Gasteiger partial charge >= 0.3 is 0 Å². The van der Waals surface area contributed by atoms with Crippen LogP contribution in [0.15, 0.2) is 18.2 Å². The van der Waals surface area contributed by atoms with Crippen molar-refractivity contribution in [3.8, 4) is 0 Å². The lowest BCUT2D eigenvalue weighted by atomic mass is 10.3. The Labute approximate surface area is 103 Å². The fraction of sp³-hybridized carbons (Fsp3) is 0.125. The zero-order valence-corrected chi connectivity index (χ0v) is 9.68. The molecule has 2 aromatic rings. The smallest absolute Gasteiger partial charge is 0.271 e. The normalized spacial score (nSPS) is 9.31. The van der Waals surface area contributed by atoms with Gasteiger partial charge in [0.05, 0.1) is 22.5 Å². The van der Waals surface area contributed by atoms with Crippen LogP contribution in [-0.4, -0.2) is 14.9 Å². The van der Waals surface area contributed by atoms with Gasteiger partial charge in [-0.05, 0) is 6.07 Å². The highest BCUT2D eigenvalue weighted by atomic mass is 35.5. The summed E-state index contributed by atoms with van der Waals surface area (Å²) in [7, 11) is 0. The topological polar surface area (TPSA) is 97.8 Å². The number of hydrogen-bond donors (Lipinski definition) is 2. The fourth-order valence-electron chi connectivity index (χ4n) is 1.26. The van der Waals surface area contributed by atoms with E-state index in [4.69, 9.17) is 5.73 Å². The lowest BCUT2D eigenvalue weighted by Crippen LogP contribution is -1.97. The van der Waals surface area contributed by atoms with Crippen LogP contribution in [0.25, 0.3) is 11.0 Å². The molecule has 0 aliphatic carbocycles. The van der Waals surface area contributed by atoms with Gasteiger partial charge in [0.25, 0.3) is 5.69 Å². The van der Waals surface area contributed by atoms with E-state index in [0.717, 1.165) is 0 Å². The summed E-state index contributed by atoms with van der Waals surface area (Å²) in [5.41, 5.74) is 6.76. The van der Waals surface area contributed by atoms with E-state index in [1.165, 1.54) is 12.1 Å². The zero-order valence-electron chi connectivity index (χ0n) is 8.04. The number of aromatic nitrogens is 2. The van der Waals surface area contributed by atoms with Crippen molar-refractivity contribution < 1.29 is 4.92 Å². The fourth-order valence-corrected chi connectivity index (χ4v) is 1.26. The van der Waals surface area contributed by atoms with E-state index in [9.17, 15) is 10.1 Å². The Morgan fingerprint density at radius 1 is 1.44 bits per heavy atom. The summed E-state index contributed by atoms with van der Waals surface area (Å²) in [6.45, 7) is 0.294. The summed E-state index contributed by atoms with van der Waals surface area (Å²) in [5.74, 6) is 0.625. The predicted molar refractivity (Wildman–Crippen MR) is 65.1 cm³/mol. The van der Waals surface area contributed by atoms with Crippen LogP contribution in [0.4, 0.5) is 5.69 Å². The van der Waals surface area contributed by atoms with E-state index >= 15 is 0 Å². The van der Waals surface area contributed by atoms with Crippen molar-refractivity contribution >= 4 is 41.5 Å². The molecule has 0 amide bonds. The van der Waals surface area contributed by atoms with E-state index in [-0.39, 0.29) is 30.5 Å². The molecule has 3 N–H and O–H groups in total. The number of imidazole rings is 1. The summed E-state index contributed by atoms with van der Waals surface area (Å²) in [6.07, 6.45) is 0. The first-order chi connectivity index (χ1) is 6.70. The van der Waals surface area contributed by atoms with Gasteiger partial charge in [0.1, 0.15) is 5.82 Å². The lowest BCUT2D eigenvalue weighted by molar-refractivity contribution is -0.384. The molecule has 1 aromatic heterocycles. The molecule has 0 unspecified atom stereocenters. The number of nitrogens with two attached hydrogens (primary N) is 1. The summed E-state index contributed by atoms with van der Waals surface area (Å²) >= 11 is 0. The van der Waals surface area contributed by atoms with E-state index < -0.39 is 4.92 Å². The number of nitro benzene ring substituents is 1. The van der Waals surface area contributed by atoms with E-state index in [0.29, 0.717) is 23.4 Å². The van der Waals surface area contributed by atoms with E-state index in [2.05, 4.69) is 9.97 Å². The SMILES string of the molecule is Cl.Cl.NCc1nc2ccc([N+](=O)[O-])cc2[nH]1. The molecule has 0 saturated carbocycles. The molecule has 2 rings (SSSR count). The molecule has 0 aliphatic heterocycles. The quantitative estimate of drug-likeness (QED) is 0.638. The molecule has 0 aliphatic rings. The van der Waals surface area contributed by atoms with Gasteiger partial charge in [-0.25, -0.2) is 4.98 Å². The van der Waals surface area contributed by atoms with Crippen LogP contribution in [0.5, 0.6) is 0 Å². The molecule has 6 nitrogen and oxygen atoms in total. The van der Waals surface area contributed by atoms with Gasteiger partial charge < -0.3 is 10.7 Å². The molecule has 1 aromatic carbocycles. The van der Waals surface area contributed by atoms with Crippen LogP contribution in [0.2, 0.25) is 0 Å². The Kier molecular flexibility index (Phi) is 5.16. The Balaban J connectivity index is 0.00000112. The van der Waals surface area contributed by atoms with Gasteiger partial charge in [0.15, 0.2) is 0 Å². The highest BCUT2D eigenvalue weighted by Crippen LogP contribution is 2.18. The van der Waals surface area contributed by atoms with Gasteiger partial charge in [-0.2, -0.15) is 0 Å². The summed E-state index contributed by atoms with van der Waals surface area (Å²) in [5, 5.41) is 10.5. The van der Waals surface area contributed by atoms with Crippen molar-refractivity contribution in [2.24, 2.45) is 5.73 Å². The van der Waals surface area contributed by atoms with Crippen molar-refractivity contribution in [3.63, 3.8) is 0 Å². The van der Waals surface area contributed by atoms with Gasteiger partial charge in [0.2, 0.25) is 0 Å². The summed E-state index contributed by atoms with van der Waals surface area (Å²) in [6, 6.07) is 4.47. The van der Waals surface area contributed by atoms with Gasteiger partial charge in [-0.3, -0.25) is 10.1 Å². The zero-order chi connectivity index (χ0) is 10.1. The molecular weight excluding hydrogens is 255 g/mol. The average Bonchev–Trinajstić information content (AvgIpc) is 2.58. The van der Waals surface area contributed by atoms with Crippen LogP contribution in [0.1, 0.15) is 5.82 Å². The number of nitro groups is 1. The van der Waals surface area contributed by atoms with Crippen molar-refractivity contribution in [2.75, 3.05) is 0 Å². The van der Waals surface area contributed by atoms with Crippen molar-refractivity contribution in [3.05, 3.63) is 34.1 Å². The molecule has 0 atom stereocenters. The molecule has 0 bridgehead atoms. The molecule has 88 valence electrons. The summed E-state index contributed by atoms with van der Waals surface area (Å²) in [4.78, 5) is 17.1. The molecule has 0 spiro atoms. The number of rotatable bonds is 2. The third kappa shape index (κ3) is 2.60. The monoisotopic (exact) mass is 264 g/mol. The third-order valence-electron chi connectivity index (χ3n) is 1.92. The van der Waals surface area contributed by atoms with Gasteiger partial charge in [0, 0.05) is 12.1 Å². The molecule has 0 saturated heterocycles. The second kappa shape index (κ2) is 5.64. The lowest BCUT2D eigenvalue weighted by Gasteiger charge is -1.89. The first-order valence-electron chi connectivity index (χ1n) is 4.04. The maximum atomic E-state index is 10.5. The molecule has 0 fully saturated rings. The Morgan fingerprint density at radius 3 is 2.69 bits per heavy atom. The van der Waals surface area contributed by atoms with E-state index in [1.54, 1.807) is 6.07 Å². The highest BCUT2D eigenvalue weighted by molar-refractivity contribution is 5.85. The average molecular weight is 265 g/mol. The molecular formula is C8H10Cl2N4O2. The number of fused-ring (bicyclic) bond motifs is 1. The Morgan fingerprint density at radius 2 is 2.12 bits per heavy atom. The number of nitrogens with one attached hydrogen (secondary N) is 1. The van der Waals surface area contributed by atoms with Crippen molar-refractivity contribution in [1.82, 2.24) is 9.97 Å².